The minimum atomic E-state index is 0.379. The van der Waals surface area contributed by atoms with Crippen LogP contribution in [0.4, 0.5) is 0 Å². The number of nitrogens with zero attached hydrogens (tertiary/aromatic N) is 4. The molecule has 0 aromatic carbocycles. The Morgan fingerprint density at radius 3 is 2.86 bits per heavy atom. The molecule has 0 spiro atoms. The molecule has 0 amide bonds. The summed E-state index contributed by atoms with van der Waals surface area (Å²) in [5.74, 6) is 1.72. The Kier molecular flexibility index (Phi) is 4.10. The number of aromatic nitrogens is 3. The smallest absolute Gasteiger partial charge is 0.241 e. The molecule has 0 unspecified atom stereocenters. The Bertz CT molecular complexity index is 617. The van der Waals surface area contributed by atoms with Gasteiger partial charge < -0.3 is 9.64 Å². The van der Waals surface area contributed by atoms with E-state index >= 15 is 0 Å². The van der Waals surface area contributed by atoms with Gasteiger partial charge in [-0.05, 0) is 45.5 Å². The zero-order valence-corrected chi connectivity index (χ0v) is 12.5. The second-order valence-electron chi connectivity index (χ2n) is 5.54. The van der Waals surface area contributed by atoms with E-state index < -0.39 is 0 Å². The van der Waals surface area contributed by atoms with Gasteiger partial charge in [0.05, 0.1) is 5.69 Å². The molecule has 1 aliphatic heterocycles. The fourth-order valence-electron chi connectivity index (χ4n) is 2.77. The fourth-order valence-corrected chi connectivity index (χ4v) is 2.77. The molecule has 110 valence electrons. The normalized spacial score (nSPS) is 19.4. The molecule has 21 heavy (non-hydrogen) atoms. The van der Waals surface area contributed by atoms with E-state index in [1.165, 1.54) is 6.42 Å². The van der Waals surface area contributed by atoms with E-state index in [1.54, 1.807) is 18.6 Å². The lowest BCUT2D eigenvalue weighted by Crippen LogP contribution is -2.31. The van der Waals surface area contributed by atoms with Crippen LogP contribution in [0.5, 0.6) is 11.6 Å². The van der Waals surface area contributed by atoms with Crippen molar-refractivity contribution < 1.29 is 4.74 Å². The highest BCUT2D eigenvalue weighted by Crippen LogP contribution is 2.32. The lowest BCUT2D eigenvalue weighted by Gasteiger charge is -2.29. The topological polar surface area (TPSA) is 51.1 Å². The molecule has 0 bridgehead atoms. The molecule has 2 aromatic rings. The van der Waals surface area contributed by atoms with Crippen LogP contribution in [0.15, 0.2) is 30.7 Å². The van der Waals surface area contributed by atoms with Crippen molar-refractivity contribution in [1.29, 1.82) is 0 Å². The van der Waals surface area contributed by atoms with E-state index in [1.807, 2.05) is 19.1 Å². The van der Waals surface area contributed by atoms with Crippen molar-refractivity contribution in [3.8, 4) is 11.6 Å². The Morgan fingerprint density at radius 2 is 2.05 bits per heavy atom. The van der Waals surface area contributed by atoms with E-state index in [2.05, 4.69) is 26.9 Å². The first-order valence-electron chi connectivity index (χ1n) is 7.33. The van der Waals surface area contributed by atoms with Crippen molar-refractivity contribution in [2.75, 3.05) is 20.1 Å². The van der Waals surface area contributed by atoms with Crippen LogP contribution in [0.1, 0.15) is 30.1 Å². The maximum atomic E-state index is 5.97. The van der Waals surface area contributed by atoms with E-state index in [9.17, 15) is 0 Å². The predicted octanol–water partition coefficient (Wildman–Crippen LogP) is 2.78. The summed E-state index contributed by atoms with van der Waals surface area (Å²) in [5.41, 5.74) is 1.81. The average molecular weight is 284 g/mol. The van der Waals surface area contributed by atoms with E-state index in [0.29, 0.717) is 11.8 Å². The number of aryl methyl sites for hydroxylation is 1. The standard InChI is InChI=1S/C16H20N4O/c1-12-14(6-3-7-17-12)21-16-15(18-8-9-19-16)13-5-4-10-20(2)11-13/h3,6-9,13H,4-5,10-11H2,1-2H3/t13-/m1/s1. The molecule has 1 aliphatic rings. The molecule has 0 radical (unpaired) electrons. The number of likely N-dealkylation sites (N-methyl/N-ethyl adjacent to an activating group) is 1. The third-order valence-corrected chi connectivity index (χ3v) is 3.87. The third kappa shape index (κ3) is 3.19. The SMILES string of the molecule is Cc1ncccc1Oc1nccnc1[C@@H]1CCCN(C)C1. The number of pyridine rings is 1. The average Bonchev–Trinajstić information content (AvgIpc) is 2.50. The summed E-state index contributed by atoms with van der Waals surface area (Å²) >= 11 is 0. The van der Waals surface area contributed by atoms with Crippen LogP contribution in [0.2, 0.25) is 0 Å². The maximum Gasteiger partial charge on any atom is 0.241 e. The largest absolute Gasteiger partial charge is 0.435 e. The van der Waals surface area contributed by atoms with E-state index in [-0.39, 0.29) is 0 Å². The van der Waals surface area contributed by atoms with Gasteiger partial charge in [0.1, 0.15) is 5.69 Å². The van der Waals surface area contributed by atoms with Crippen LogP contribution in [0.25, 0.3) is 0 Å². The summed E-state index contributed by atoms with van der Waals surface area (Å²) in [6.07, 6.45) is 7.49. The zero-order chi connectivity index (χ0) is 14.7. The lowest BCUT2D eigenvalue weighted by atomic mass is 9.95. The van der Waals surface area contributed by atoms with E-state index in [0.717, 1.165) is 36.6 Å². The monoisotopic (exact) mass is 284 g/mol. The first-order chi connectivity index (χ1) is 10.2. The molecule has 0 N–H and O–H groups in total. The van der Waals surface area contributed by atoms with Gasteiger partial charge in [0.25, 0.3) is 0 Å². The van der Waals surface area contributed by atoms with Gasteiger partial charge in [-0.3, -0.25) is 9.97 Å². The zero-order valence-electron chi connectivity index (χ0n) is 12.5. The number of likely N-dealkylation sites (tertiary alicyclic amines) is 1. The van der Waals surface area contributed by atoms with Crippen molar-refractivity contribution in [3.63, 3.8) is 0 Å². The van der Waals surface area contributed by atoms with Crippen molar-refractivity contribution in [2.45, 2.75) is 25.7 Å². The van der Waals surface area contributed by atoms with Crippen molar-refractivity contribution in [1.82, 2.24) is 19.9 Å². The van der Waals surface area contributed by atoms with Crippen LogP contribution in [-0.2, 0) is 0 Å². The minimum Gasteiger partial charge on any atom is -0.435 e. The van der Waals surface area contributed by atoms with Gasteiger partial charge in [-0.2, -0.15) is 0 Å². The summed E-state index contributed by atoms with van der Waals surface area (Å²) in [4.78, 5) is 15.5. The Labute approximate surface area is 125 Å². The molecule has 1 saturated heterocycles. The summed E-state index contributed by atoms with van der Waals surface area (Å²) in [5, 5.41) is 0. The molecule has 5 nitrogen and oxygen atoms in total. The number of hydrogen-bond acceptors (Lipinski definition) is 5. The molecule has 3 heterocycles. The highest BCUT2D eigenvalue weighted by Gasteiger charge is 2.24. The first kappa shape index (κ1) is 13.9. The molecule has 2 aromatic heterocycles. The van der Waals surface area contributed by atoms with Crippen LogP contribution >= 0.6 is 0 Å². The number of ether oxygens (including phenoxy) is 1. The van der Waals surface area contributed by atoms with Crippen molar-refractivity contribution in [2.24, 2.45) is 0 Å². The maximum absolute atomic E-state index is 5.97. The predicted molar refractivity (Wildman–Crippen MR) is 80.6 cm³/mol. The summed E-state index contributed by atoms with van der Waals surface area (Å²) < 4.78 is 5.97. The number of piperidine rings is 1. The van der Waals surface area contributed by atoms with Crippen molar-refractivity contribution in [3.05, 3.63) is 42.1 Å². The molecule has 3 rings (SSSR count). The fraction of sp³-hybridized carbons (Fsp3) is 0.438. The number of hydrogen-bond donors (Lipinski definition) is 0. The molecule has 0 aliphatic carbocycles. The quantitative estimate of drug-likeness (QED) is 0.867. The molecular formula is C16H20N4O. The summed E-state index contributed by atoms with van der Waals surface area (Å²) in [6.45, 7) is 4.08. The first-order valence-corrected chi connectivity index (χ1v) is 7.33. The second-order valence-corrected chi connectivity index (χ2v) is 5.54. The molecular weight excluding hydrogens is 264 g/mol. The van der Waals surface area contributed by atoms with Gasteiger partial charge in [-0.25, -0.2) is 4.98 Å². The number of rotatable bonds is 3. The van der Waals surface area contributed by atoms with Crippen LogP contribution in [0, 0.1) is 6.92 Å². The molecule has 5 heteroatoms. The molecule has 1 fully saturated rings. The van der Waals surface area contributed by atoms with Crippen LogP contribution in [0.3, 0.4) is 0 Å². The van der Waals surface area contributed by atoms with Gasteiger partial charge in [0.2, 0.25) is 5.88 Å². The van der Waals surface area contributed by atoms with Gasteiger partial charge in [0, 0.05) is 31.1 Å². The van der Waals surface area contributed by atoms with Gasteiger partial charge >= 0.3 is 0 Å². The molecule has 1 atom stereocenters. The van der Waals surface area contributed by atoms with Gasteiger partial charge in [-0.15, -0.1) is 0 Å². The summed E-state index contributed by atoms with van der Waals surface area (Å²) in [6, 6.07) is 3.78. The van der Waals surface area contributed by atoms with Crippen LogP contribution in [-0.4, -0.2) is 40.0 Å². The van der Waals surface area contributed by atoms with E-state index in [4.69, 9.17) is 4.74 Å². The van der Waals surface area contributed by atoms with Crippen molar-refractivity contribution >= 4 is 0 Å². The lowest BCUT2D eigenvalue weighted by molar-refractivity contribution is 0.245. The highest BCUT2D eigenvalue weighted by atomic mass is 16.5. The third-order valence-electron chi connectivity index (χ3n) is 3.87. The minimum absolute atomic E-state index is 0.379. The van der Waals surface area contributed by atoms with Gasteiger partial charge in [-0.1, -0.05) is 0 Å². The highest BCUT2D eigenvalue weighted by molar-refractivity contribution is 5.33. The Morgan fingerprint density at radius 1 is 1.19 bits per heavy atom. The second kappa shape index (κ2) is 6.18. The Balaban J connectivity index is 1.87. The molecule has 0 saturated carbocycles. The van der Waals surface area contributed by atoms with Gasteiger partial charge in [0.15, 0.2) is 5.75 Å². The Hall–Kier alpha value is -2.01. The summed E-state index contributed by atoms with van der Waals surface area (Å²) in [7, 11) is 2.15. The van der Waals surface area contributed by atoms with Crippen LogP contribution < -0.4 is 4.74 Å².